The largest absolute Gasteiger partial charge is 0.368 e. The first-order valence-corrected chi connectivity index (χ1v) is 6.37. The summed E-state index contributed by atoms with van der Waals surface area (Å²) in [7, 11) is 0. The molecule has 0 aromatic heterocycles. The smallest absolute Gasteiger partial charge is 0.0992 e. The number of rotatable bonds is 1. The van der Waals surface area contributed by atoms with Gasteiger partial charge in [-0.1, -0.05) is 22.9 Å². The highest BCUT2D eigenvalue weighted by molar-refractivity contribution is 9.10. The van der Waals surface area contributed by atoms with E-state index >= 15 is 0 Å². The summed E-state index contributed by atoms with van der Waals surface area (Å²) in [5.41, 5.74) is 1.87. The molecule has 1 aliphatic heterocycles. The monoisotopic (exact) mass is 278 g/mol. The zero-order valence-corrected chi connectivity index (χ0v) is 11.2. The number of hydrogen-bond donors (Lipinski definition) is 0. The van der Waals surface area contributed by atoms with Crippen molar-refractivity contribution in [2.45, 2.75) is 26.3 Å². The van der Waals surface area contributed by atoms with Crippen LogP contribution in [-0.4, -0.2) is 12.6 Å². The summed E-state index contributed by atoms with van der Waals surface area (Å²) < 4.78 is 0.980. The second-order valence-corrected chi connectivity index (χ2v) is 5.57. The highest BCUT2D eigenvalue weighted by Crippen LogP contribution is 2.31. The lowest BCUT2D eigenvalue weighted by Gasteiger charge is -2.24. The molecule has 0 radical (unpaired) electrons. The van der Waals surface area contributed by atoms with Crippen molar-refractivity contribution in [1.29, 1.82) is 5.26 Å². The summed E-state index contributed by atoms with van der Waals surface area (Å²) in [4.78, 5) is 2.39. The van der Waals surface area contributed by atoms with Gasteiger partial charge in [-0.25, -0.2) is 0 Å². The molecule has 2 nitrogen and oxygen atoms in total. The van der Waals surface area contributed by atoms with E-state index in [9.17, 15) is 0 Å². The Morgan fingerprint density at radius 3 is 2.69 bits per heavy atom. The molecule has 2 unspecified atom stereocenters. The fraction of sp³-hybridized carbons (Fsp3) is 0.462. The van der Waals surface area contributed by atoms with Gasteiger partial charge in [0.2, 0.25) is 0 Å². The fourth-order valence-electron chi connectivity index (χ4n) is 2.46. The predicted molar refractivity (Wildman–Crippen MR) is 69.4 cm³/mol. The van der Waals surface area contributed by atoms with Crippen LogP contribution in [0.5, 0.6) is 0 Å². The Bertz CT molecular complexity index is 436. The van der Waals surface area contributed by atoms with Gasteiger partial charge in [0, 0.05) is 22.7 Å². The highest BCUT2D eigenvalue weighted by Gasteiger charge is 2.26. The van der Waals surface area contributed by atoms with Gasteiger partial charge in [0.25, 0.3) is 0 Å². The maximum absolute atomic E-state index is 8.96. The van der Waals surface area contributed by atoms with Gasteiger partial charge in [0.1, 0.15) is 0 Å². The minimum atomic E-state index is 0.566. The second kappa shape index (κ2) is 4.47. The van der Waals surface area contributed by atoms with Crippen LogP contribution in [-0.2, 0) is 0 Å². The third-order valence-electron chi connectivity index (χ3n) is 3.13. The summed E-state index contributed by atoms with van der Waals surface area (Å²) in [5.74, 6) is 0.736. The summed E-state index contributed by atoms with van der Waals surface area (Å²) in [6.45, 7) is 5.61. The van der Waals surface area contributed by atoms with Crippen LogP contribution in [0.1, 0.15) is 25.8 Å². The summed E-state index contributed by atoms with van der Waals surface area (Å²) in [6, 6.07) is 8.69. The van der Waals surface area contributed by atoms with Gasteiger partial charge < -0.3 is 4.90 Å². The molecule has 1 heterocycles. The van der Waals surface area contributed by atoms with Crippen molar-refractivity contribution in [1.82, 2.24) is 0 Å². The molecule has 16 heavy (non-hydrogen) atoms. The zero-order chi connectivity index (χ0) is 11.7. The van der Waals surface area contributed by atoms with E-state index in [0.29, 0.717) is 6.04 Å². The van der Waals surface area contributed by atoms with Crippen LogP contribution < -0.4 is 4.90 Å². The lowest BCUT2D eigenvalue weighted by Crippen LogP contribution is -2.26. The number of hydrogen-bond acceptors (Lipinski definition) is 2. The van der Waals surface area contributed by atoms with Crippen LogP contribution in [0.4, 0.5) is 5.69 Å². The molecule has 0 aliphatic carbocycles. The number of anilines is 1. The lowest BCUT2D eigenvalue weighted by molar-refractivity contribution is 0.625. The predicted octanol–water partition coefficient (Wildman–Crippen LogP) is 3.56. The molecule has 84 valence electrons. The fourth-order valence-corrected chi connectivity index (χ4v) is 2.95. The van der Waals surface area contributed by atoms with E-state index in [-0.39, 0.29) is 0 Å². The van der Waals surface area contributed by atoms with Gasteiger partial charge in [0.15, 0.2) is 0 Å². The van der Waals surface area contributed by atoms with Crippen LogP contribution in [0.3, 0.4) is 0 Å². The van der Waals surface area contributed by atoms with E-state index in [1.807, 2.05) is 12.1 Å². The van der Waals surface area contributed by atoms with Crippen LogP contribution in [0.2, 0.25) is 0 Å². The van der Waals surface area contributed by atoms with Crippen molar-refractivity contribution in [3.8, 4) is 6.07 Å². The van der Waals surface area contributed by atoms with Gasteiger partial charge in [-0.15, -0.1) is 0 Å². The van der Waals surface area contributed by atoms with E-state index in [1.54, 1.807) is 0 Å². The molecular weight excluding hydrogens is 264 g/mol. The lowest BCUT2D eigenvalue weighted by atomic mass is 10.1. The van der Waals surface area contributed by atoms with Crippen LogP contribution >= 0.6 is 15.9 Å². The molecule has 2 atom stereocenters. The van der Waals surface area contributed by atoms with Gasteiger partial charge in [-0.05, 0) is 37.5 Å². The van der Waals surface area contributed by atoms with E-state index in [2.05, 4.69) is 46.8 Å². The normalized spacial score (nSPS) is 24.5. The van der Waals surface area contributed by atoms with Crippen molar-refractivity contribution >= 4 is 21.6 Å². The third kappa shape index (κ3) is 2.22. The maximum Gasteiger partial charge on any atom is 0.0992 e. The first kappa shape index (κ1) is 11.5. The molecule has 1 aromatic carbocycles. The van der Waals surface area contributed by atoms with Crippen molar-refractivity contribution in [2.75, 3.05) is 11.4 Å². The highest BCUT2D eigenvalue weighted by atomic mass is 79.9. The van der Waals surface area contributed by atoms with E-state index < -0.39 is 0 Å². The van der Waals surface area contributed by atoms with Crippen molar-refractivity contribution < 1.29 is 0 Å². The Labute approximate surface area is 105 Å². The minimum absolute atomic E-state index is 0.566. The molecule has 1 aromatic rings. The average Bonchev–Trinajstić information content (AvgIpc) is 2.57. The SMILES string of the molecule is CC1CC(C)N(c2cc(Br)cc(C#N)c2)C1. The topological polar surface area (TPSA) is 27.0 Å². The standard InChI is InChI=1S/C13H15BrN2/c1-9-3-10(2)16(8-9)13-5-11(7-15)4-12(14)6-13/h4-6,9-10H,3,8H2,1-2H3. The average molecular weight is 279 g/mol. The van der Waals surface area contributed by atoms with Gasteiger partial charge in [0.05, 0.1) is 11.6 Å². The molecule has 1 saturated heterocycles. The molecule has 0 N–H and O–H groups in total. The van der Waals surface area contributed by atoms with Crippen molar-refractivity contribution in [3.63, 3.8) is 0 Å². The van der Waals surface area contributed by atoms with Crippen molar-refractivity contribution in [2.24, 2.45) is 5.92 Å². The Kier molecular flexibility index (Phi) is 3.20. The molecule has 0 bridgehead atoms. The molecule has 3 heteroatoms. The number of nitrogens with zero attached hydrogens (tertiary/aromatic N) is 2. The molecular formula is C13H15BrN2. The van der Waals surface area contributed by atoms with E-state index in [4.69, 9.17) is 5.26 Å². The number of halogens is 1. The quantitative estimate of drug-likeness (QED) is 0.786. The molecule has 0 saturated carbocycles. The Morgan fingerprint density at radius 1 is 1.38 bits per heavy atom. The first-order chi connectivity index (χ1) is 7.60. The molecule has 0 spiro atoms. The first-order valence-electron chi connectivity index (χ1n) is 5.57. The van der Waals surface area contributed by atoms with Gasteiger partial charge >= 0.3 is 0 Å². The molecule has 1 fully saturated rings. The maximum atomic E-state index is 8.96. The number of nitriles is 1. The number of benzene rings is 1. The summed E-state index contributed by atoms with van der Waals surface area (Å²) >= 11 is 3.46. The minimum Gasteiger partial charge on any atom is -0.368 e. The second-order valence-electron chi connectivity index (χ2n) is 4.65. The van der Waals surface area contributed by atoms with Crippen LogP contribution in [0, 0.1) is 17.2 Å². The van der Waals surface area contributed by atoms with Gasteiger partial charge in [-0.2, -0.15) is 5.26 Å². The summed E-state index contributed by atoms with van der Waals surface area (Å²) in [6.07, 6.45) is 1.23. The van der Waals surface area contributed by atoms with E-state index in [0.717, 1.165) is 28.2 Å². The molecule has 2 rings (SSSR count). The Hall–Kier alpha value is -1.01. The van der Waals surface area contributed by atoms with Crippen LogP contribution in [0.15, 0.2) is 22.7 Å². The Balaban J connectivity index is 2.34. The van der Waals surface area contributed by atoms with Crippen molar-refractivity contribution in [3.05, 3.63) is 28.2 Å². The van der Waals surface area contributed by atoms with Crippen LogP contribution in [0.25, 0.3) is 0 Å². The van der Waals surface area contributed by atoms with Gasteiger partial charge in [-0.3, -0.25) is 0 Å². The molecule has 0 amide bonds. The third-order valence-corrected chi connectivity index (χ3v) is 3.59. The zero-order valence-electron chi connectivity index (χ0n) is 9.57. The Morgan fingerprint density at radius 2 is 2.12 bits per heavy atom. The van der Waals surface area contributed by atoms with E-state index in [1.165, 1.54) is 6.42 Å². The molecule has 1 aliphatic rings. The summed E-state index contributed by atoms with van der Waals surface area (Å²) in [5, 5.41) is 8.96.